The van der Waals surface area contributed by atoms with Crippen LogP contribution in [0.2, 0.25) is 0 Å². The van der Waals surface area contributed by atoms with Crippen LogP contribution in [0.15, 0.2) is 24.3 Å². The molecule has 1 aromatic rings. The zero-order chi connectivity index (χ0) is 16.8. The lowest BCUT2D eigenvalue weighted by molar-refractivity contribution is -0.120. The van der Waals surface area contributed by atoms with Gasteiger partial charge in [0.25, 0.3) is 5.91 Å². The molecule has 1 unspecified atom stereocenters. The summed E-state index contributed by atoms with van der Waals surface area (Å²) in [7, 11) is 0. The van der Waals surface area contributed by atoms with E-state index in [1.165, 1.54) is 6.42 Å². The summed E-state index contributed by atoms with van der Waals surface area (Å²) in [6.07, 6.45) is 3.96. The molecule has 1 aliphatic rings. The van der Waals surface area contributed by atoms with Crippen molar-refractivity contribution in [1.82, 2.24) is 4.90 Å². The van der Waals surface area contributed by atoms with E-state index in [9.17, 15) is 9.59 Å². The SMILES string of the molecule is CCC(CC)C(=O)Nc1ccc(C(=O)N2CCCC(C)C2)cc1. The fraction of sp³-hybridized carbons (Fsp3) is 0.579. The lowest BCUT2D eigenvalue weighted by Gasteiger charge is -2.31. The fourth-order valence-electron chi connectivity index (χ4n) is 3.16. The Balaban J connectivity index is 1.98. The average molecular weight is 316 g/mol. The van der Waals surface area contributed by atoms with Crippen LogP contribution in [-0.4, -0.2) is 29.8 Å². The van der Waals surface area contributed by atoms with E-state index in [2.05, 4.69) is 12.2 Å². The molecule has 4 heteroatoms. The molecule has 23 heavy (non-hydrogen) atoms. The zero-order valence-electron chi connectivity index (χ0n) is 14.5. The number of hydrogen-bond acceptors (Lipinski definition) is 2. The Morgan fingerprint density at radius 3 is 2.43 bits per heavy atom. The van der Waals surface area contributed by atoms with Gasteiger partial charge < -0.3 is 10.2 Å². The van der Waals surface area contributed by atoms with Gasteiger partial charge in [0.2, 0.25) is 5.91 Å². The minimum Gasteiger partial charge on any atom is -0.338 e. The Labute approximate surface area is 139 Å². The summed E-state index contributed by atoms with van der Waals surface area (Å²) < 4.78 is 0. The Kier molecular flexibility index (Phi) is 6.20. The molecule has 1 aliphatic heterocycles. The van der Waals surface area contributed by atoms with Gasteiger partial charge in [0.05, 0.1) is 0 Å². The number of carbonyl (C=O) groups is 2. The maximum absolute atomic E-state index is 12.5. The number of hydrogen-bond donors (Lipinski definition) is 1. The van der Waals surface area contributed by atoms with E-state index in [0.717, 1.165) is 38.0 Å². The van der Waals surface area contributed by atoms with E-state index >= 15 is 0 Å². The first-order valence-electron chi connectivity index (χ1n) is 8.75. The summed E-state index contributed by atoms with van der Waals surface area (Å²) >= 11 is 0. The normalized spacial score (nSPS) is 18.1. The molecule has 0 aromatic heterocycles. The van der Waals surface area contributed by atoms with Crippen LogP contribution in [0.25, 0.3) is 0 Å². The third-order valence-electron chi connectivity index (χ3n) is 4.70. The Morgan fingerprint density at radius 1 is 1.22 bits per heavy atom. The van der Waals surface area contributed by atoms with Crippen LogP contribution in [-0.2, 0) is 4.79 Å². The number of anilines is 1. The maximum Gasteiger partial charge on any atom is 0.253 e. The second-order valence-corrected chi connectivity index (χ2v) is 6.58. The van der Waals surface area contributed by atoms with Crippen molar-refractivity contribution in [2.45, 2.75) is 46.5 Å². The van der Waals surface area contributed by atoms with E-state index < -0.39 is 0 Å². The number of benzene rings is 1. The van der Waals surface area contributed by atoms with Gasteiger partial charge in [-0.3, -0.25) is 9.59 Å². The molecule has 1 N–H and O–H groups in total. The van der Waals surface area contributed by atoms with Gasteiger partial charge >= 0.3 is 0 Å². The molecule has 0 spiro atoms. The lowest BCUT2D eigenvalue weighted by atomic mass is 9.99. The molecule has 0 saturated carbocycles. The topological polar surface area (TPSA) is 49.4 Å². The van der Waals surface area contributed by atoms with Crippen LogP contribution < -0.4 is 5.32 Å². The summed E-state index contributed by atoms with van der Waals surface area (Å²) in [6, 6.07) is 7.26. The van der Waals surface area contributed by atoms with Gasteiger partial charge in [0, 0.05) is 30.3 Å². The highest BCUT2D eigenvalue weighted by molar-refractivity contribution is 5.96. The molecule has 2 amide bonds. The van der Waals surface area contributed by atoms with Crippen molar-refractivity contribution >= 4 is 17.5 Å². The van der Waals surface area contributed by atoms with Crippen LogP contribution in [0.3, 0.4) is 0 Å². The predicted octanol–water partition coefficient (Wildman–Crippen LogP) is 3.93. The average Bonchev–Trinajstić information content (AvgIpc) is 2.56. The van der Waals surface area contributed by atoms with Crippen molar-refractivity contribution in [2.24, 2.45) is 11.8 Å². The second kappa shape index (κ2) is 8.14. The minimum absolute atomic E-state index is 0.0474. The molecule has 1 saturated heterocycles. The van der Waals surface area contributed by atoms with Gasteiger partial charge in [-0.05, 0) is 55.9 Å². The number of piperidine rings is 1. The van der Waals surface area contributed by atoms with Crippen LogP contribution in [0.1, 0.15) is 56.8 Å². The first-order chi connectivity index (χ1) is 11.0. The largest absolute Gasteiger partial charge is 0.338 e. The van der Waals surface area contributed by atoms with E-state index in [-0.39, 0.29) is 17.7 Å². The highest BCUT2D eigenvalue weighted by Gasteiger charge is 2.22. The molecule has 2 rings (SSSR count). The first-order valence-corrected chi connectivity index (χ1v) is 8.75. The van der Waals surface area contributed by atoms with Gasteiger partial charge in [0.15, 0.2) is 0 Å². The molecule has 0 radical (unpaired) electrons. The van der Waals surface area contributed by atoms with E-state index in [0.29, 0.717) is 11.5 Å². The molecular weight excluding hydrogens is 288 g/mol. The van der Waals surface area contributed by atoms with Gasteiger partial charge in [-0.25, -0.2) is 0 Å². The Morgan fingerprint density at radius 2 is 1.87 bits per heavy atom. The molecule has 0 aliphatic carbocycles. The summed E-state index contributed by atoms with van der Waals surface area (Å²) in [5, 5.41) is 2.93. The van der Waals surface area contributed by atoms with Crippen molar-refractivity contribution in [3.63, 3.8) is 0 Å². The number of amides is 2. The van der Waals surface area contributed by atoms with Crippen molar-refractivity contribution in [1.29, 1.82) is 0 Å². The van der Waals surface area contributed by atoms with Crippen molar-refractivity contribution in [3.05, 3.63) is 29.8 Å². The quantitative estimate of drug-likeness (QED) is 0.894. The summed E-state index contributed by atoms with van der Waals surface area (Å²) in [6.45, 7) is 7.92. The smallest absolute Gasteiger partial charge is 0.253 e. The Bertz CT molecular complexity index is 535. The van der Waals surface area contributed by atoms with Crippen LogP contribution >= 0.6 is 0 Å². The third-order valence-corrected chi connectivity index (χ3v) is 4.70. The van der Waals surface area contributed by atoms with Gasteiger partial charge in [-0.15, -0.1) is 0 Å². The highest BCUT2D eigenvalue weighted by atomic mass is 16.2. The van der Waals surface area contributed by atoms with Gasteiger partial charge in [-0.1, -0.05) is 20.8 Å². The second-order valence-electron chi connectivity index (χ2n) is 6.58. The predicted molar refractivity (Wildman–Crippen MR) is 93.4 cm³/mol. The first kappa shape index (κ1) is 17.5. The fourth-order valence-corrected chi connectivity index (χ4v) is 3.16. The highest BCUT2D eigenvalue weighted by Crippen LogP contribution is 2.19. The number of nitrogens with one attached hydrogen (secondary N) is 1. The van der Waals surface area contributed by atoms with Crippen molar-refractivity contribution in [3.8, 4) is 0 Å². The summed E-state index contributed by atoms with van der Waals surface area (Å²) in [5.74, 6) is 0.769. The lowest BCUT2D eigenvalue weighted by Crippen LogP contribution is -2.39. The third kappa shape index (κ3) is 4.57. The van der Waals surface area contributed by atoms with Crippen LogP contribution in [0.4, 0.5) is 5.69 Å². The standard InChI is InChI=1S/C19H28N2O2/c1-4-15(5-2)18(22)20-17-10-8-16(9-11-17)19(23)21-12-6-7-14(3)13-21/h8-11,14-15H,4-7,12-13H2,1-3H3,(H,20,22). The summed E-state index contributed by atoms with van der Waals surface area (Å²) in [4.78, 5) is 26.5. The maximum atomic E-state index is 12.5. The van der Waals surface area contributed by atoms with Gasteiger partial charge in [0.1, 0.15) is 0 Å². The molecule has 1 atom stereocenters. The van der Waals surface area contributed by atoms with Crippen molar-refractivity contribution in [2.75, 3.05) is 18.4 Å². The number of carbonyl (C=O) groups excluding carboxylic acids is 2. The van der Waals surface area contributed by atoms with Crippen LogP contribution in [0, 0.1) is 11.8 Å². The van der Waals surface area contributed by atoms with E-state index in [4.69, 9.17) is 0 Å². The molecule has 126 valence electrons. The minimum atomic E-state index is 0.0474. The number of rotatable bonds is 5. The number of nitrogens with zero attached hydrogens (tertiary/aromatic N) is 1. The van der Waals surface area contributed by atoms with E-state index in [1.807, 2.05) is 43.0 Å². The zero-order valence-corrected chi connectivity index (χ0v) is 14.5. The monoisotopic (exact) mass is 316 g/mol. The van der Waals surface area contributed by atoms with E-state index in [1.54, 1.807) is 0 Å². The van der Waals surface area contributed by atoms with Gasteiger partial charge in [-0.2, -0.15) is 0 Å². The Hall–Kier alpha value is -1.84. The molecule has 0 bridgehead atoms. The molecule has 4 nitrogen and oxygen atoms in total. The van der Waals surface area contributed by atoms with Crippen LogP contribution in [0.5, 0.6) is 0 Å². The molecule has 1 fully saturated rings. The molecule has 1 heterocycles. The number of likely N-dealkylation sites (tertiary alicyclic amines) is 1. The molecule has 1 aromatic carbocycles. The summed E-state index contributed by atoms with van der Waals surface area (Å²) in [5.41, 5.74) is 1.45. The molecular formula is C19H28N2O2. The van der Waals surface area contributed by atoms with Crippen molar-refractivity contribution < 1.29 is 9.59 Å².